The summed E-state index contributed by atoms with van der Waals surface area (Å²) in [5.41, 5.74) is 2.12. The monoisotopic (exact) mass is 338 g/mol. The zero-order valence-electron chi connectivity index (χ0n) is 14.6. The number of rotatable bonds is 6. The van der Waals surface area contributed by atoms with Crippen molar-refractivity contribution in [2.75, 3.05) is 20.3 Å². The molecule has 0 radical (unpaired) electrons. The van der Waals surface area contributed by atoms with E-state index in [1.165, 1.54) is 0 Å². The number of ether oxygens (including phenoxy) is 3. The Balaban J connectivity index is 1.86. The first-order chi connectivity index (χ1) is 12.2. The maximum Gasteiger partial charge on any atom is 0.196 e. The fraction of sp³-hybridized carbons (Fsp3) is 0.286. The molecule has 0 atom stereocenters. The standard InChI is InChI=1S/C21H22O4/c1-3-4-11-24-20-13-15(9-10-19(20)23-2)12-16-14-25-18-8-6-5-7-17(18)21(16)22/h5-10,12-13H,3-4,11,14H2,1-2H3/b16-12-. The van der Waals surface area contributed by atoms with Gasteiger partial charge in [-0.15, -0.1) is 0 Å². The van der Waals surface area contributed by atoms with Crippen molar-refractivity contribution in [2.24, 2.45) is 0 Å². The number of carbonyl (C=O) groups is 1. The van der Waals surface area contributed by atoms with Crippen LogP contribution in [0.5, 0.6) is 17.2 Å². The van der Waals surface area contributed by atoms with Crippen molar-refractivity contribution in [3.8, 4) is 17.2 Å². The van der Waals surface area contributed by atoms with Gasteiger partial charge in [-0.25, -0.2) is 0 Å². The molecule has 1 heterocycles. The van der Waals surface area contributed by atoms with E-state index < -0.39 is 0 Å². The molecule has 0 saturated heterocycles. The molecule has 1 aliphatic heterocycles. The molecule has 0 amide bonds. The molecule has 25 heavy (non-hydrogen) atoms. The Labute approximate surface area is 148 Å². The molecule has 0 aliphatic carbocycles. The van der Waals surface area contributed by atoms with Gasteiger partial charge in [-0.3, -0.25) is 4.79 Å². The van der Waals surface area contributed by atoms with Gasteiger partial charge < -0.3 is 14.2 Å². The van der Waals surface area contributed by atoms with Crippen molar-refractivity contribution in [1.82, 2.24) is 0 Å². The van der Waals surface area contributed by atoms with Crippen LogP contribution in [0.25, 0.3) is 6.08 Å². The predicted octanol–water partition coefficient (Wildman–Crippen LogP) is 4.53. The van der Waals surface area contributed by atoms with Gasteiger partial charge in [-0.05, 0) is 42.3 Å². The molecule has 0 spiro atoms. The van der Waals surface area contributed by atoms with Gasteiger partial charge in [0, 0.05) is 5.57 Å². The topological polar surface area (TPSA) is 44.8 Å². The minimum atomic E-state index is 0.00567. The average molecular weight is 338 g/mol. The van der Waals surface area contributed by atoms with Crippen molar-refractivity contribution in [2.45, 2.75) is 19.8 Å². The van der Waals surface area contributed by atoms with E-state index in [-0.39, 0.29) is 12.4 Å². The normalized spacial score (nSPS) is 14.8. The largest absolute Gasteiger partial charge is 0.493 e. The molecule has 2 aromatic carbocycles. The minimum Gasteiger partial charge on any atom is -0.493 e. The third-order valence-electron chi connectivity index (χ3n) is 4.09. The molecule has 2 aromatic rings. The van der Waals surface area contributed by atoms with Crippen LogP contribution in [0, 0.1) is 0 Å². The summed E-state index contributed by atoms with van der Waals surface area (Å²) in [5, 5.41) is 0. The van der Waals surface area contributed by atoms with Gasteiger partial charge >= 0.3 is 0 Å². The van der Waals surface area contributed by atoms with Crippen LogP contribution in [0.2, 0.25) is 0 Å². The van der Waals surface area contributed by atoms with E-state index in [2.05, 4.69) is 6.92 Å². The van der Waals surface area contributed by atoms with Gasteiger partial charge in [-0.2, -0.15) is 0 Å². The second-order valence-electron chi connectivity index (χ2n) is 5.90. The maximum atomic E-state index is 12.6. The van der Waals surface area contributed by atoms with Crippen LogP contribution in [0.3, 0.4) is 0 Å². The molecule has 3 rings (SSSR count). The van der Waals surface area contributed by atoms with Crippen molar-refractivity contribution in [3.05, 3.63) is 59.2 Å². The van der Waals surface area contributed by atoms with Crippen molar-refractivity contribution in [3.63, 3.8) is 0 Å². The van der Waals surface area contributed by atoms with Gasteiger partial charge in [-0.1, -0.05) is 31.5 Å². The predicted molar refractivity (Wildman–Crippen MR) is 97.6 cm³/mol. The van der Waals surface area contributed by atoms with Crippen LogP contribution in [0.15, 0.2) is 48.0 Å². The molecule has 4 nitrogen and oxygen atoms in total. The third-order valence-corrected chi connectivity index (χ3v) is 4.09. The highest BCUT2D eigenvalue weighted by Crippen LogP contribution is 2.31. The molecule has 0 N–H and O–H groups in total. The first-order valence-electron chi connectivity index (χ1n) is 8.51. The number of benzene rings is 2. The number of unbranched alkanes of at least 4 members (excludes halogenated alkanes) is 1. The molecule has 0 bridgehead atoms. The minimum absolute atomic E-state index is 0.00567. The number of methoxy groups -OCH3 is 1. The van der Waals surface area contributed by atoms with Crippen LogP contribution in [-0.2, 0) is 0 Å². The Morgan fingerprint density at radius 3 is 2.80 bits per heavy atom. The summed E-state index contributed by atoms with van der Waals surface area (Å²) < 4.78 is 16.9. The first-order valence-corrected chi connectivity index (χ1v) is 8.51. The second-order valence-corrected chi connectivity index (χ2v) is 5.90. The summed E-state index contributed by atoms with van der Waals surface area (Å²) in [4.78, 5) is 12.6. The third kappa shape index (κ3) is 3.85. The highest BCUT2D eigenvalue weighted by molar-refractivity contribution is 6.14. The number of hydrogen-bond donors (Lipinski definition) is 0. The quantitative estimate of drug-likeness (QED) is 0.573. The number of ketones is 1. The van der Waals surface area contributed by atoms with Crippen LogP contribution in [0.4, 0.5) is 0 Å². The van der Waals surface area contributed by atoms with Crippen molar-refractivity contribution >= 4 is 11.9 Å². The zero-order chi connectivity index (χ0) is 17.6. The Hall–Kier alpha value is -2.75. The number of hydrogen-bond acceptors (Lipinski definition) is 4. The highest BCUT2D eigenvalue weighted by atomic mass is 16.5. The molecule has 4 heteroatoms. The van der Waals surface area contributed by atoms with Crippen LogP contribution in [0.1, 0.15) is 35.7 Å². The summed E-state index contributed by atoms with van der Waals surface area (Å²) in [6.45, 7) is 3.03. The SMILES string of the molecule is CCCCOc1cc(/C=C2/COc3ccccc3C2=O)ccc1OC. The Morgan fingerprint density at radius 1 is 1.16 bits per heavy atom. The van der Waals surface area contributed by atoms with Gasteiger partial charge in [0.25, 0.3) is 0 Å². The fourth-order valence-electron chi connectivity index (χ4n) is 2.70. The molecule has 1 aliphatic rings. The lowest BCUT2D eigenvalue weighted by atomic mass is 9.98. The maximum absolute atomic E-state index is 12.6. The molecular weight excluding hydrogens is 316 g/mol. The van der Waals surface area contributed by atoms with E-state index in [0.717, 1.165) is 18.4 Å². The Morgan fingerprint density at radius 2 is 2.00 bits per heavy atom. The van der Waals surface area contributed by atoms with E-state index in [4.69, 9.17) is 14.2 Å². The van der Waals surface area contributed by atoms with Crippen molar-refractivity contribution < 1.29 is 19.0 Å². The summed E-state index contributed by atoms with van der Waals surface area (Å²) in [7, 11) is 1.62. The molecule has 0 unspecified atom stereocenters. The van der Waals surface area contributed by atoms with Gasteiger partial charge in [0.15, 0.2) is 17.3 Å². The number of carbonyl (C=O) groups excluding carboxylic acids is 1. The van der Waals surface area contributed by atoms with Gasteiger partial charge in [0.05, 0.1) is 19.3 Å². The Bertz CT molecular complexity index is 792. The zero-order valence-corrected chi connectivity index (χ0v) is 14.6. The second kappa shape index (κ2) is 7.88. The fourth-order valence-corrected chi connectivity index (χ4v) is 2.70. The summed E-state index contributed by atoms with van der Waals surface area (Å²) in [6.07, 6.45) is 3.90. The Kier molecular flexibility index (Phi) is 5.39. The van der Waals surface area contributed by atoms with Crippen LogP contribution in [-0.4, -0.2) is 26.1 Å². The first kappa shape index (κ1) is 17.1. The van der Waals surface area contributed by atoms with E-state index >= 15 is 0 Å². The number of para-hydroxylation sites is 1. The van der Waals surface area contributed by atoms with E-state index in [1.807, 2.05) is 42.5 Å². The lowest BCUT2D eigenvalue weighted by Crippen LogP contribution is -2.18. The molecular formula is C21H22O4. The molecule has 0 saturated carbocycles. The van der Waals surface area contributed by atoms with E-state index in [1.54, 1.807) is 13.2 Å². The van der Waals surface area contributed by atoms with Crippen LogP contribution >= 0.6 is 0 Å². The molecule has 0 aromatic heterocycles. The summed E-state index contributed by atoms with van der Waals surface area (Å²) >= 11 is 0. The van der Waals surface area contributed by atoms with E-state index in [9.17, 15) is 4.79 Å². The molecule has 0 fully saturated rings. The average Bonchev–Trinajstić information content (AvgIpc) is 2.65. The number of Topliss-reactive ketones (excluding diaryl/α,β-unsaturated/α-hetero) is 1. The van der Waals surface area contributed by atoms with Crippen molar-refractivity contribution in [1.29, 1.82) is 0 Å². The summed E-state index contributed by atoms with van der Waals surface area (Å²) in [6, 6.07) is 13.0. The lowest BCUT2D eigenvalue weighted by molar-refractivity contribution is 0.100. The van der Waals surface area contributed by atoms with Gasteiger partial charge in [0.1, 0.15) is 12.4 Å². The van der Waals surface area contributed by atoms with E-state index in [0.29, 0.717) is 35.0 Å². The number of fused-ring (bicyclic) bond motifs is 1. The smallest absolute Gasteiger partial charge is 0.196 e. The lowest BCUT2D eigenvalue weighted by Gasteiger charge is -2.18. The highest BCUT2D eigenvalue weighted by Gasteiger charge is 2.22. The molecule has 130 valence electrons. The summed E-state index contributed by atoms with van der Waals surface area (Å²) in [5.74, 6) is 2.03. The van der Waals surface area contributed by atoms with Gasteiger partial charge in [0.2, 0.25) is 0 Å². The van der Waals surface area contributed by atoms with Crippen LogP contribution < -0.4 is 14.2 Å².